The van der Waals surface area contributed by atoms with Crippen molar-refractivity contribution in [2.75, 3.05) is 40.9 Å². The Balaban J connectivity index is 1.37. The fourth-order valence-corrected chi connectivity index (χ4v) is 5.30. The Hall–Kier alpha value is -2.25. The number of benzene rings is 1. The van der Waals surface area contributed by atoms with Gasteiger partial charge in [0.2, 0.25) is 0 Å². The topological polar surface area (TPSA) is 49.3 Å². The van der Waals surface area contributed by atoms with E-state index in [-0.39, 0.29) is 0 Å². The molecule has 0 saturated heterocycles. The number of methoxy groups -OCH3 is 2. The van der Waals surface area contributed by atoms with Crippen molar-refractivity contribution in [1.82, 2.24) is 15.1 Å². The molecule has 2 aliphatic heterocycles. The normalized spacial score (nSPS) is 17.9. The largest absolute Gasteiger partial charge is 0.493 e. The molecule has 1 atom stereocenters. The number of nitrogens with zero attached hydrogens (tertiary/aromatic N) is 3. The number of hydrogen-bond acceptors (Lipinski definition) is 5. The molecule has 2 aromatic rings. The Morgan fingerprint density at radius 2 is 1.87 bits per heavy atom. The zero-order valence-electron chi connectivity index (χ0n) is 18.4. The average Bonchev–Trinajstić information content (AvgIpc) is 3.26. The summed E-state index contributed by atoms with van der Waals surface area (Å²) in [5, 5.41) is 5.84. The number of guanidine groups is 1. The van der Waals surface area contributed by atoms with Gasteiger partial charge in [-0.3, -0.25) is 9.89 Å². The van der Waals surface area contributed by atoms with E-state index in [1.54, 1.807) is 19.1 Å². The number of nitrogens with one attached hydrogen (secondary N) is 1. The summed E-state index contributed by atoms with van der Waals surface area (Å²) in [5.41, 5.74) is 4.10. The van der Waals surface area contributed by atoms with Crippen molar-refractivity contribution in [2.45, 2.75) is 38.9 Å². The highest BCUT2D eigenvalue weighted by molar-refractivity contribution is 7.10. The molecule has 2 aliphatic rings. The van der Waals surface area contributed by atoms with Gasteiger partial charge in [0.1, 0.15) is 0 Å². The van der Waals surface area contributed by atoms with E-state index in [0.29, 0.717) is 6.04 Å². The minimum atomic E-state index is 0.455. The van der Waals surface area contributed by atoms with E-state index < -0.39 is 0 Å². The van der Waals surface area contributed by atoms with Crippen LogP contribution in [0.4, 0.5) is 0 Å². The molecule has 0 radical (unpaired) electrons. The quantitative estimate of drug-likeness (QED) is 0.586. The molecule has 0 bridgehead atoms. The van der Waals surface area contributed by atoms with Crippen LogP contribution in [0.5, 0.6) is 11.5 Å². The second kappa shape index (κ2) is 9.27. The van der Waals surface area contributed by atoms with Gasteiger partial charge in [-0.05, 0) is 60.0 Å². The lowest BCUT2D eigenvalue weighted by molar-refractivity contribution is 0.191. The summed E-state index contributed by atoms with van der Waals surface area (Å²) in [4.78, 5) is 11.0. The number of rotatable bonds is 5. The summed E-state index contributed by atoms with van der Waals surface area (Å²) >= 11 is 1.89. The fourth-order valence-electron chi connectivity index (χ4n) is 4.41. The average molecular weight is 429 g/mol. The van der Waals surface area contributed by atoms with Crippen molar-refractivity contribution in [3.8, 4) is 11.5 Å². The third kappa shape index (κ3) is 4.27. The molecule has 1 aromatic heterocycles. The van der Waals surface area contributed by atoms with Crippen LogP contribution in [0.2, 0.25) is 0 Å². The molecule has 30 heavy (non-hydrogen) atoms. The van der Waals surface area contributed by atoms with Crippen molar-refractivity contribution in [2.24, 2.45) is 4.99 Å². The van der Waals surface area contributed by atoms with E-state index in [1.165, 1.54) is 23.1 Å². The summed E-state index contributed by atoms with van der Waals surface area (Å²) in [7, 11) is 5.25. The van der Waals surface area contributed by atoms with Crippen LogP contribution in [0.25, 0.3) is 0 Å². The molecular weight excluding hydrogens is 396 g/mol. The van der Waals surface area contributed by atoms with Gasteiger partial charge in [0.25, 0.3) is 0 Å². The van der Waals surface area contributed by atoms with Crippen LogP contribution in [-0.2, 0) is 25.9 Å². The van der Waals surface area contributed by atoms with Gasteiger partial charge in [-0.25, -0.2) is 0 Å². The predicted octanol–water partition coefficient (Wildman–Crippen LogP) is 3.15. The first-order valence-corrected chi connectivity index (χ1v) is 11.5. The van der Waals surface area contributed by atoms with Crippen molar-refractivity contribution < 1.29 is 9.47 Å². The number of hydrogen-bond donors (Lipinski definition) is 1. The molecule has 7 heteroatoms. The van der Waals surface area contributed by atoms with Gasteiger partial charge in [-0.1, -0.05) is 0 Å². The third-order valence-electron chi connectivity index (χ3n) is 6.25. The van der Waals surface area contributed by atoms with Gasteiger partial charge >= 0.3 is 0 Å². The van der Waals surface area contributed by atoms with Gasteiger partial charge in [-0.15, -0.1) is 11.3 Å². The minimum absolute atomic E-state index is 0.455. The highest BCUT2D eigenvalue weighted by atomic mass is 32.1. The minimum Gasteiger partial charge on any atom is -0.493 e. The van der Waals surface area contributed by atoms with Crippen LogP contribution in [0.1, 0.15) is 28.5 Å². The van der Waals surface area contributed by atoms with Crippen LogP contribution >= 0.6 is 11.3 Å². The zero-order valence-corrected chi connectivity index (χ0v) is 19.2. The lowest BCUT2D eigenvalue weighted by Gasteiger charge is -2.35. The van der Waals surface area contributed by atoms with E-state index in [2.05, 4.69) is 50.6 Å². The summed E-state index contributed by atoms with van der Waals surface area (Å²) in [6.45, 7) is 7.15. The molecule has 0 saturated carbocycles. The first kappa shape index (κ1) is 21.0. The number of ether oxygens (including phenoxy) is 2. The van der Waals surface area contributed by atoms with E-state index >= 15 is 0 Å². The first-order chi connectivity index (χ1) is 14.6. The molecule has 162 valence electrons. The van der Waals surface area contributed by atoms with E-state index in [4.69, 9.17) is 9.47 Å². The molecular formula is C23H32N4O2S. The first-order valence-electron chi connectivity index (χ1n) is 10.6. The number of thiophene rings is 1. The van der Waals surface area contributed by atoms with Gasteiger partial charge in [0, 0.05) is 50.7 Å². The summed E-state index contributed by atoms with van der Waals surface area (Å²) in [6.07, 6.45) is 2.14. The molecule has 4 rings (SSSR count). The second-order valence-electron chi connectivity index (χ2n) is 8.01. The van der Waals surface area contributed by atoms with Gasteiger partial charge in [0.05, 0.1) is 14.2 Å². The maximum absolute atomic E-state index is 5.50. The lowest BCUT2D eigenvalue weighted by atomic mass is 9.99. The molecule has 0 aliphatic carbocycles. The van der Waals surface area contributed by atoms with Crippen LogP contribution in [-0.4, -0.2) is 62.7 Å². The number of aliphatic imine (C=N–C) groups is 1. The lowest BCUT2D eigenvalue weighted by Crippen LogP contribution is -2.49. The molecule has 1 aromatic carbocycles. The zero-order chi connectivity index (χ0) is 21.1. The van der Waals surface area contributed by atoms with Crippen LogP contribution in [0, 0.1) is 0 Å². The third-order valence-corrected chi connectivity index (χ3v) is 7.27. The maximum Gasteiger partial charge on any atom is 0.194 e. The molecule has 6 nitrogen and oxygen atoms in total. The number of fused-ring (bicyclic) bond motifs is 2. The molecule has 1 unspecified atom stereocenters. The molecule has 0 amide bonds. The van der Waals surface area contributed by atoms with Crippen molar-refractivity contribution in [3.05, 3.63) is 45.1 Å². The smallest absolute Gasteiger partial charge is 0.194 e. The highest BCUT2D eigenvalue weighted by Crippen LogP contribution is 2.33. The Morgan fingerprint density at radius 3 is 2.60 bits per heavy atom. The van der Waals surface area contributed by atoms with E-state index in [0.717, 1.165) is 56.6 Å². The second-order valence-corrected chi connectivity index (χ2v) is 9.01. The molecule has 1 N–H and O–H groups in total. The van der Waals surface area contributed by atoms with Crippen molar-refractivity contribution in [1.29, 1.82) is 0 Å². The SMILES string of the molecule is CN=C(NCC(C)N1CCc2sccc2C1)N1CCc2cc(OC)c(OC)cc2C1. The Morgan fingerprint density at radius 1 is 1.10 bits per heavy atom. The van der Waals surface area contributed by atoms with Gasteiger partial charge in [0.15, 0.2) is 17.5 Å². The Labute approximate surface area is 183 Å². The summed E-state index contributed by atoms with van der Waals surface area (Å²) < 4.78 is 11.0. The summed E-state index contributed by atoms with van der Waals surface area (Å²) in [5.74, 6) is 2.56. The monoisotopic (exact) mass is 428 g/mol. The van der Waals surface area contributed by atoms with Crippen LogP contribution in [0.15, 0.2) is 28.6 Å². The molecule has 3 heterocycles. The van der Waals surface area contributed by atoms with E-state index in [9.17, 15) is 0 Å². The van der Waals surface area contributed by atoms with Gasteiger partial charge < -0.3 is 19.7 Å². The predicted molar refractivity (Wildman–Crippen MR) is 123 cm³/mol. The molecule has 0 spiro atoms. The van der Waals surface area contributed by atoms with Crippen LogP contribution < -0.4 is 14.8 Å². The van der Waals surface area contributed by atoms with E-state index in [1.807, 2.05) is 18.4 Å². The Kier molecular flexibility index (Phi) is 6.49. The highest BCUT2D eigenvalue weighted by Gasteiger charge is 2.24. The van der Waals surface area contributed by atoms with Gasteiger partial charge in [-0.2, -0.15) is 0 Å². The summed E-state index contributed by atoms with van der Waals surface area (Å²) in [6, 6.07) is 6.94. The fraction of sp³-hybridized carbons (Fsp3) is 0.522. The maximum atomic E-state index is 5.50. The Bertz CT molecular complexity index is 911. The molecule has 0 fully saturated rings. The van der Waals surface area contributed by atoms with Crippen molar-refractivity contribution >= 4 is 17.3 Å². The van der Waals surface area contributed by atoms with Crippen molar-refractivity contribution in [3.63, 3.8) is 0 Å². The standard InChI is InChI=1S/C23H32N4O2S/c1-16(26-9-6-22-18(14-26)7-10-30-22)13-25-23(24-2)27-8-5-17-11-20(28-3)21(29-4)12-19(17)15-27/h7,10-12,16H,5-6,8-9,13-15H2,1-4H3,(H,24,25). The van der Waals surface area contributed by atoms with Crippen LogP contribution in [0.3, 0.4) is 0 Å².